The molecule has 7 nitrogen and oxygen atoms in total. The van der Waals surface area contributed by atoms with Crippen LogP contribution in [0.2, 0.25) is 0 Å². The Morgan fingerprint density at radius 2 is 0.979 bits per heavy atom. The fourth-order valence-corrected chi connectivity index (χ4v) is 6.01. The summed E-state index contributed by atoms with van der Waals surface area (Å²) in [5.74, 6) is -1.90. The third-order valence-corrected chi connectivity index (χ3v) is 8.92. The summed E-state index contributed by atoms with van der Waals surface area (Å²) in [6.07, 6.45) is 33.8. The van der Waals surface area contributed by atoms with Crippen molar-refractivity contribution in [1.82, 2.24) is 0 Å². The fraction of sp³-hybridized carbons (Fsp3) is 0.684. The van der Waals surface area contributed by atoms with Gasteiger partial charge in [-0.3, -0.25) is 0 Å². The maximum Gasteiger partial charge on any atom is 1.00 e. The molecule has 0 fully saturated rings. The standard InChI is InChI=1S/C38H62O7S.Na/c1-3-5-7-9-11-13-15-17-19-21-23-25-27-32-44-37(39)34-30-29-31-35(46(41,42)43)36(34)38(40)45-33-28-26-24-22-20-18-16-14-12-10-8-6-4-2;/h23-26,29-31H,3-22,27-28,32-33H2,1-2H3,(H,41,42,43);/q;+1/p-1/b25-23+,26-24+;. The summed E-state index contributed by atoms with van der Waals surface area (Å²) in [7, 11) is -5.03. The first-order chi connectivity index (χ1) is 22.3. The second kappa shape index (κ2) is 30.6. The molecule has 0 radical (unpaired) electrons. The molecule has 0 saturated heterocycles. The van der Waals surface area contributed by atoms with E-state index in [4.69, 9.17) is 9.47 Å². The van der Waals surface area contributed by atoms with E-state index in [0.717, 1.165) is 31.7 Å². The quantitative estimate of drug-likeness (QED) is 0.0280. The van der Waals surface area contributed by atoms with Gasteiger partial charge in [0.15, 0.2) is 0 Å². The van der Waals surface area contributed by atoms with Gasteiger partial charge in [0.25, 0.3) is 0 Å². The molecule has 0 saturated carbocycles. The SMILES string of the molecule is CCCCCCCCCCC/C=C/CCOC(=O)c1cccc(S(=O)(=O)[O-])c1C(=O)OCC/C=C/CCCCCCCCCCC.[Na+]. The minimum absolute atomic E-state index is 0. The zero-order valence-electron chi connectivity index (χ0n) is 29.8. The van der Waals surface area contributed by atoms with Crippen molar-refractivity contribution in [2.75, 3.05) is 13.2 Å². The van der Waals surface area contributed by atoms with Gasteiger partial charge in [0.1, 0.15) is 10.1 Å². The summed E-state index contributed by atoms with van der Waals surface area (Å²) in [5.41, 5.74) is -0.858. The largest absolute Gasteiger partial charge is 1.00 e. The number of esters is 2. The summed E-state index contributed by atoms with van der Waals surface area (Å²) in [5, 5.41) is 0. The van der Waals surface area contributed by atoms with Crippen molar-refractivity contribution in [2.24, 2.45) is 0 Å². The topological polar surface area (TPSA) is 110 Å². The van der Waals surface area contributed by atoms with Crippen molar-refractivity contribution in [2.45, 2.75) is 160 Å². The van der Waals surface area contributed by atoms with E-state index in [0.29, 0.717) is 12.8 Å². The molecule has 262 valence electrons. The molecule has 0 amide bonds. The van der Waals surface area contributed by atoms with Gasteiger partial charge in [-0.05, 0) is 50.7 Å². The van der Waals surface area contributed by atoms with Gasteiger partial charge in [-0.2, -0.15) is 0 Å². The number of carbonyl (C=O) groups excluding carboxylic acids is 2. The van der Waals surface area contributed by atoms with Gasteiger partial charge in [-0.1, -0.05) is 147 Å². The van der Waals surface area contributed by atoms with Crippen LogP contribution in [0.5, 0.6) is 0 Å². The first-order valence-corrected chi connectivity index (χ1v) is 19.5. The summed E-state index contributed by atoms with van der Waals surface area (Å²) >= 11 is 0. The molecule has 0 N–H and O–H groups in total. The third-order valence-electron chi connectivity index (χ3n) is 8.04. The zero-order chi connectivity index (χ0) is 33.7. The van der Waals surface area contributed by atoms with Gasteiger partial charge < -0.3 is 14.0 Å². The number of hydrogen-bond acceptors (Lipinski definition) is 7. The Morgan fingerprint density at radius 3 is 1.40 bits per heavy atom. The van der Waals surface area contributed by atoms with Crippen molar-refractivity contribution < 1.29 is 61.6 Å². The molecule has 47 heavy (non-hydrogen) atoms. The van der Waals surface area contributed by atoms with Crippen LogP contribution in [0.15, 0.2) is 47.4 Å². The van der Waals surface area contributed by atoms with Crippen LogP contribution in [-0.4, -0.2) is 38.1 Å². The van der Waals surface area contributed by atoms with Crippen LogP contribution in [0.25, 0.3) is 0 Å². The fourth-order valence-electron chi connectivity index (χ4n) is 5.33. The molecule has 0 spiro atoms. The van der Waals surface area contributed by atoms with Crippen molar-refractivity contribution >= 4 is 22.1 Å². The third kappa shape index (κ3) is 23.5. The van der Waals surface area contributed by atoms with Crippen molar-refractivity contribution in [1.29, 1.82) is 0 Å². The monoisotopic (exact) mass is 684 g/mol. The van der Waals surface area contributed by atoms with E-state index in [-0.39, 0.29) is 48.3 Å². The predicted molar refractivity (Wildman–Crippen MR) is 186 cm³/mol. The molecule has 0 heterocycles. The smallest absolute Gasteiger partial charge is 0.744 e. The Bertz CT molecular complexity index is 1120. The molecule has 1 aromatic rings. The van der Waals surface area contributed by atoms with Crippen LogP contribution in [0, 0.1) is 0 Å². The molecule has 9 heteroatoms. The first kappa shape index (κ1) is 45.6. The number of rotatable bonds is 29. The molecule has 0 atom stereocenters. The van der Waals surface area contributed by atoms with Gasteiger partial charge >= 0.3 is 41.5 Å². The molecule has 0 aliphatic carbocycles. The van der Waals surface area contributed by atoms with Crippen LogP contribution in [-0.2, 0) is 19.6 Å². The summed E-state index contributed by atoms with van der Waals surface area (Å²) in [4.78, 5) is 24.9. The number of carbonyl (C=O) groups is 2. The second-order valence-electron chi connectivity index (χ2n) is 12.2. The Balaban J connectivity index is 0.0000212. The van der Waals surface area contributed by atoms with Crippen molar-refractivity contribution in [3.8, 4) is 0 Å². The molecule has 1 aromatic carbocycles. The minimum Gasteiger partial charge on any atom is -0.744 e. The molecular weight excluding hydrogens is 623 g/mol. The number of ether oxygens (including phenoxy) is 2. The van der Waals surface area contributed by atoms with Gasteiger partial charge in [0, 0.05) is 0 Å². The zero-order valence-corrected chi connectivity index (χ0v) is 32.6. The number of allylic oxidation sites excluding steroid dienone is 2. The first-order valence-electron chi connectivity index (χ1n) is 18.1. The van der Waals surface area contributed by atoms with Gasteiger partial charge in [0.2, 0.25) is 0 Å². The second-order valence-corrected chi connectivity index (χ2v) is 13.5. The Labute approximate surface area is 308 Å². The Morgan fingerprint density at radius 1 is 0.596 bits per heavy atom. The van der Waals surface area contributed by atoms with E-state index < -0.39 is 32.5 Å². The van der Waals surface area contributed by atoms with Crippen molar-refractivity contribution in [3.63, 3.8) is 0 Å². The van der Waals surface area contributed by atoms with E-state index >= 15 is 0 Å². The average molecular weight is 685 g/mol. The summed E-state index contributed by atoms with van der Waals surface area (Å²) < 4.78 is 46.3. The van der Waals surface area contributed by atoms with E-state index in [1.54, 1.807) is 0 Å². The van der Waals surface area contributed by atoms with Gasteiger partial charge in [-0.15, -0.1) is 0 Å². The minimum atomic E-state index is -5.03. The molecule has 0 bridgehead atoms. The van der Waals surface area contributed by atoms with Gasteiger partial charge in [0.05, 0.1) is 29.2 Å². The van der Waals surface area contributed by atoms with Gasteiger partial charge in [-0.25, -0.2) is 18.0 Å². The molecule has 0 aliphatic rings. The maximum atomic E-state index is 12.9. The van der Waals surface area contributed by atoms with E-state index in [1.807, 2.05) is 12.2 Å². The molecule has 0 aliphatic heterocycles. The normalized spacial score (nSPS) is 11.6. The molecular formula is C38H61NaO7S. The number of unbranched alkanes of at least 4 members (excludes halogenated alkanes) is 18. The van der Waals surface area contributed by atoms with E-state index in [9.17, 15) is 22.6 Å². The van der Waals surface area contributed by atoms with Crippen LogP contribution < -0.4 is 29.6 Å². The Hall–Kier alpha value is -1.45. The number of hydrogen-bond donors (Lipinski definition) is 0. The average Bonchev–Trinajstić information content (AvgIpc) is 3.04. The molecule has 1 rings (SSSR count). The Kier molecular flexibility index (Phi) is 29.7. The van der Waals surface area contributed by atoms with Crippen LogP contribution in [0.1, 0.15) is 176 Å². The van der Waals surface area contributed by atoms with Crippen molar-refractivity contribution in [3.05, 3.63) is 53.6 Å². The molecule has 0 unspecified atom stereocenters. The van der Waals surface area contributed by atoms with E-state index in [1.165, 1.54) is 115 Å². The van der Waals surface area contributed by atoms with E-state index in [2.05, 4.69) is 26.0 Å². The molecule has 0 aromatic heterocycles. The number of benzene rings is 1. The van der Waals surface area contributed by atoms with Crippen LogP contribution >= 0.6 is 0 Å². The van der Waals surface area contributed by atoms with Crippen LogP contribution in [0.4, 0.5) is 0 Å². The summed E-state index contributed by atoms with van der Waals surface area (Å²) in [6.45, 7) is 4.53. The predicted octanol–water partition coefficient (Wildman–Crippen LogP) is 7.64. The van der Waals surface area contributed by atoms with Crippen LogP contribution in [0.3, 0.4) is 0 Å². The maximum absolute atomic E-state index is 12.9. The summed E-state index contributed by atoms with van der Waals surface area (Å²) in [6, 6.07) is 3.53.